The van der Waals surface area contributed by atoms with Crippen molar-refractivity contribution in [1.29, 1.82) is 0 Å². The molecule has 1 aliphatic heterocycles. The van der Waals surface area contributed by atoms with Crippen molar-refractivity contribution in [3.8, 4) is 5.75 Å². The second-order valence-corrected chi connectivity index (χ2v) is 5.41. The van der Waals surface area contributed by atoms with Crippen molar-refractivity contribution in [2.24, 2.45) is 0 Å². The maximum atomic E-state index is 12.0. The van der Waals surface area contributed by atoms with Gasteiger partial charge in [0.2, 0.25) is 0 Å². The zero-order valence-corrected chi connectivity index (χ0v) is 11.4. The van der Waals surface area contributed by atoms with E-state index in [0.29, 0.717) is 11.3 Å². The van der Waals surface area contributed by atoms with Crippen molar-refractivity contribution >= 4 is 12.0 Å². The minimum atomic E-state index is -1.60. The summed E-state index contributed by atoms with van der Waals surface area (Å²) in [6.45, 7) is 0. The van der Waals surface area contributed by atoms with E-state index in [4.69, 9.17) is 14.3 Å². The zero-order chi connectivity index (χ0) is 15.0. The Bertz CT molecular complexity index is 657. The first-order chi connectivity index (χ1) is 10.0. The smallest absolute Gasteiger partial charge is 0.347 e. The highest BCUT2D eigenvalue weighted by atomic mass is 16.5. The van der Waals surface area contributed by atoms with Crippen LogP contribution in [0.2, 0.25) is 0 Å². The lowest BCUT2D eigenvalue weighted by molar-refractivity contribution is -0.146. The summed E-state index contributed by atoms with van der Waals surface area (Å²) in [7, 11) is 0. The summed E-state index contributed by atoms with van der Waals surface area (Å²) in [5.74, 6) is -0.832. The molecule has 2 atom stereocenters. The van der Waals surface area contributed by atoms with Crippen LogP contribution in [-0.2, 0) is 11.2 Å². The van der Waals surface area contributed by atoms with Crippen LogP contribution in [0.3, 0.4) is 0 Å². The zero-order valence-electron chi connectivity index (χ0n) is 11.4. The molecule has 0 amide bonds. The third kappa shape index (κ3) is 2.71. The van der Waals surface area contributed by atoms with E-state index in [9.17, 15) is 14.7 Å². The highest BCUT2D eigenvalue weighted by Crippen LogP contribution is 2.35. The molecule has 0 bridgehead atoms. The van der Waals surface area contributed by atoms with Crippen LogP contribution < -0.4 is 10.4 Å². The minimum Gasteiger partial charge on any atom is -0.485 e. The molecule has 1 fully saturated rings. The Balaban J connectivity index is 1.93. The topological polar surface area (TPSA) is 97.0 Å². The predicted octanol–water partition coefficient (Wildman–Crippen LogP) is 1.35. The molecule has 0 saturated heterocycles. The molecule has 6 heteroatoms. The van der Waals surface area contributed by atoms with Crippen molar-refractivity contribution in [2.45, 2.75) is 44.3 Å². The predicted molar refractivity (Wildman–Crippen MR) is 73.2 cm³/mol. The van der Waals surface area contributed by atoms with Gasteiger partial charge in [0.1, 0.15) is 23.2 Å². The summed E-state index contributed by atoms with van der Waals surface area (Å²) in [5, 5.41) is 18.0. The number of carbonyl (C=O) groups is 1. The number of ether oxygens (including phenoxy) is 1. The highest BCUT2D eigenvalue weighted by molar-refractivity contribution is 5.72. The van der Waals surface area contributed by atoms with Crippen molar-refractivity contribution in [2.75, 3.05) is 0 Å². The molecule has 1 aliphatic carbocycles. The number of carboxylic acids is 1. The third-order valence-electron chi connectivity index (χ3n) is 3.88. The first kappa shape index (κ1) is 13.9. The average Bonchev–Trinajstić information content (AvgIpc) is 2.45. The summed E-state index contributed by atoms with van der Waals surface area (Å²) < 4.78 is 10.9. The van der Waals surface area contributed by atoms with Crippen LogP contribution in [0.15, 0.2) is 20.9 Å². The molecule has 6 nitrogen and oxygen atoms in total. The van der Waals surface area contributed by atoms with E-state index in [2.05, 4.69) is 0 Å². The third-order valence-corrected chi connectivity index (χ3v) is 3.88. The summed E-state index contributed by atoms with van der Waals surface area (Å²) >= 11 is 0. The van der Waals surface area contributed by atoms with Gasteiger partial charge in [-0.15, -0.1) is 0 Å². The Kier molecular flexibility index (Phi) is 3.55. The Morgan fingerprint density at radius 1 is 1.43 bits per heavy atom. The van der Waals surface area contributed by atoms with Gasteiger partial charge in [0.05, 0.1) is 0 Å². The number of hydrogen-bond acceptors (Lipinski definition) is 5. The normalized spacial score (nSPS) is 21.6. The number of aliphatic carboxylic acids is 1. The molecular weight excluding hydrogens is 276 g/mol. The van der Waals surface area contributed by atoms with Gasteiger partial charge in [-0.25, -0.2) is 9.59 Å². The van der Waals surface area contributed by atoms with Crippen molar-refractivity contribution < 1.29 is 24.2 Å². The molecule has 2 aliphatic rings. The van der Waals surface area contributed by atoms with Gasteiger partial charge in [0.15, 0.2) is 6.10 Å². The summed E-state index contributed by atoms with van der Waals surface area (Å²) in [4.78, 5) is 22.6. The maximum Gasteiger partial charge on any atom is 0.347 e. The Morgan fingerprint density at radius 2 is 2.24 bits per heavy atom. The second kappa shape index (κ2) is 5.37. The Labute approximate surface area is 120 Å². The van der Waals surface area contributed by atoms with Gasteiger partial charge >= 0.3 is 11.6 Å². The molecular formula is C15H16O6. The summed E-state index contributed by atoms with van der Waals surface area (Å²) in [5.41, 5.74) is 0.924. The van der Waals surface area contributed by atoms with Crippen LogP contribution in [0.1, 0.15) is 37.0 Å². The molecule has 2 unspecified atom stereocenters. The number of hydrogen-bond donors (Lipinski definition) is 2. The quantitative estimate of drug-likeness (QED) is 0.872. The molecule has 1 aromatic heterocycles. The molecule has 1 aromatic rings. The van der Waals surface area contributed by atoms with Crippen LogP contribution >= 0.6 is 0 Å². The monoisotopic (exact) mass is 292 g/mol. The summed E-state index contributed by atoms with van der Waals surface area (Å²) in [6, 6.07) is 1.50. The fourth-order valence-electron chi connectivity index (χ4n) is 2.78. The van der Waals surface area contributed by atoms with E-state index in [1.165, 1.54) is 6.07 Å². The van der Waals surface area contributed by atoms with E-state index in [0.717, 1.165) is 31.3 Å². The minimum absolute atomic E-state index is 0.00898. The van der Waals surface area contributed by atoms with Gasteiger partial charge in [-0.2, -0.15) is 0 Å². The number of rotatable bonds is 3. The lowest BCUT2D eigenvalue weighted by atomic mass is 9.89. The van der Waals surface area contributed by atoms with E-state index >= 15 is 0 Å². The molecule has 0 aromatic carbocycles. The van der Waals surface area contributed by atoms with Gasteiger partial charge < -0.3 is 19.4 Å². The molecule has 3 rings (SSSR count). The molecule has 1 saturated carbocycles. The maximum absolute atomic E-state index is 12.0. The SMILES string of the molecule is O=C(O)C(O)Cc1cc2c(c(=O)o1)C=C1CCCCC1O2. The molecule has 2 N–H and O–H groups in total. The van der Waals surface area contributed by atoms with Crippen molar-refractivity contribution in [3.05, 3.63) is 33.4 Å². The summed E-state index contributed by atoms with van der Waals surface area (Å²) in [6.07, 6.45) is 3.97. The van der Waals surface area contributed by atoms with Gasteiger partial charge in [-0.3, -0.25) is 0 Å². The Hall–Kier alpha value is -2.08. The molecule has 21 heavy (non-hydrogen) atoms. The lowest BCUT2D eigenvalue weighted by Crippen LogP contribution is -2.28. The largest absolute Gasteiger partial charge is 0.485 e. The van der Waals surface area contributed by atoms with Gasteiger partial charge in [0.25, 0.3) is 0 Å². The highest BCUT2D eigenvalue weighted by Gasteiger charge is 2.28. The van der Waals surface area contributed by atoms with Gasteiger partial charge in [0, 0.05) is 12.5 Å². The first-order valence-electron chi connectivity index (χ1n) is 6.99. The van der Waals surface area contributed by atoms with Crippen LogP contribution in [-0.4, -0.2) is 28.4 Å². The van der Waals surface area contributed by atoms with E-state index < -0.39 is 17.7 Å². The molecule has 0 spiro atoms. The van der Waals surface area contributed by atoms with Gasteiger partial charge in [-0.05, 0) is 37.3 Å². The number of carboxylic acid groups (broad SMARTS) is 1. The fraction of sp³-hybridized carbons (Fsp3) is 0.467. The molecule has 0 radical (unpaired) electrons. The van der Waals surface area contributed by atoms with Crippen LogP contribution in [0.4, 0.5) is 0 Å². The van der Waals surface area contributed by atoms with E-state index in [1.54, 1.807) is 0 Å². The second-order valence-electron chi connectivity index (χ2n) is 5.41. The number of aliphatic hydroxyl groups excluding tert-OH is 1. The Morgan fingerprint density at radius 3 is 3.00 bits per heavy atom. The number of fused-ring (bicyclic) bond motifs is 2. The van der Waals surface area contributed by atoms with E-state index in [-0.39, 0.29) is 18.3 Å². The van der Waals surface area contributed by atoms with Crippen molar-refractivity contribution in [1.82, 2.24) is 0 Å². The lowest BCUT2D eigenvalue weighted by Gasteiger charge is -2.30. The van der Waals surface area contributed by atoms with Crippen LogP contribution in [0, 0.1) is 0 Å². The number of aliphatic hydroxyl groups is 1. The first-order valence-corrected chi connectivity index (χ1v) is 6.99. The molecule has 2 heterocycles. The van der Waals surface area contributed by atoms with Crippen LogP contribution in [0.5, 0.6) is 5.75 Å². The fourth-order valence-corrected chi connectivity index (χ4v) is 2.78. The average molecular weight is 292 g/mol. The standard InChI is InChI=1S/C15H16O6/c16-11(14(17)18)6-9-7-13-10(15(19)20-9)5-8-3-1-2-4-12(8)21-13/h5,7,11-12,16H,1-4,6H2,(H,17,18). The molecule has 112 valence electrons. The van der Waals surface area contributed by atoms with E-state index in [1.807, 2.05) is 6.08 Å². The van der Waals surface area contributed by atoms with Crippen LogP contribution in [0.25, 0.3) is 6.08 Å². The van der Waals surface area contributed by atoms with Gasteiger partial charge in [-0.1, -0.05) is 0 Å². The van der Waals surface area contributed by atoms with Crippen molar-refractivity contribution in [3.63, 3.8) is 0 Å².